The number of fused-ring (bicyclic) bond motifs is 1. The second-order valence-corrected chi connectivity index (χ2v) is 8.52. The minimum atomic E-state index is -0.104. The molecule has 136 valence electrons. The number of rotatable bonds is 5. The van der Waals surface area contributed by atoms with Gasteiger partial charge in [-0.1, -0.05) is 30.6 Å². The van der Waals surface area contributed by atoms with E-state index in [9.17, 15) is 4.79 Å². The molecule has 0 spiro atoms. The highest BCUT2D eigenvalue weighted by atomic mass is 32.1. The summed E-state index contributed by atoms with van der Waals surface area (Å²) in [5.74, 6) is 0.661. The topological polar surface area (TPSA) is 63.2 Å². The van der Waals surface area contributed by atoms with E-state index in [1.807, 2.05) is 30.3 Å². The van der Waals surface area contributed by atoms with Crippen LogP contribution in [0.3, 0.4) is 0 Å². The van der Waals surface area contributed by atoms with Crippen LogP contribution in [0, 0.1) is 0 Å². The number of methoxy groups -OCH3 is 1. The van der Waals surface area contributed by atoms with Crippen LogP contribution in [-0.2, 0) is 0 Å². The van der Waals surface area contributed by atoms with Gasteiger partial charge in [-0.2, -0.15) is 0 Å². The molecular weight excluding hydrogens is 366 g/mol. The van der Waals surface area contributed by atoms with E-state index in [2.05, 4.69) is 15.6 Å². The summed E-state index contributed by atoms with van der Waals surface area (Å²) in [7, 11) is 1.62. The highest BCUT2D eigenvalue weighted by Crippen LogP contribution is 2.34. The van der Waals surface area contributed by atoms with E-state index in [4.69, 9.17) is 4.74 Å². The summed E-state index contributed by atoms with van der Waals surface area (Å²) < 4.78 is 6.19. The number of amides is 1. The molecule has 4 rings (SSSR count). The summed E-state index contributed by atoms with van der Waals surface area (Å²) >= 11 is 3.07. The molecular formula is C19H21N3O2S2. The summed E-state index contributed by atoms with van der Waals surface area (Å²) in [4.78, 5) is 18.7. The molecule has 2 N–H and O–H groups in total. The molecule has 1 fully saturated rings. The van der Waals surface area contributed by atoms with E-state index >= 15 is 0 Å². The summed E-state index contributed by atoms with van der Waals surface area (Å²) in [6, 6.07) is 9.79. The van der Waals surface area contributed by atoms with E-state index in [1.54, 1.807) is 18.4 Å². The zero-order valence-electron chi connectivity index (χ0n) is 14.6. The molecule has 7 heteroatoms. The van der Waals surface area contributed by atoms with E-state index < -0.39 is 0 Å². The molecule has 0 unspecified atom stereocenters. The number of hydrogen-bond donors (Lipinski definition) is 2. The average molecular weight is 388 g/mol. The van der Waals surface area contributed by atoms with Gasteiger partial charge < -0.3 is 15.4 Å². The Morgan fingerprint density at radius 2 is 1.92 bits per heavy atom. The largest absolute Gasteiger partial charge is 0.497 e. The lowest BCUT2D eigenvalue weighted by molar-refractivity contribution is 0.103. The van der Waals surface area contributed by atoms with Gasteiger partial charge in [-0.05, 0) is 43.2 Å². The van der Waals surface area contributed by atoms with Crippen LogP contribution in [0.1, 0.15) is 41.8 Å². The number of benzene rings is 1. The average Bonchev–Trinajstić information content (AvgIpc) is 3.22. The number of thiazole rings is 1. The van der Waals surface area contributed by atoms with Crippen molar-refractivity contribution >= 4 is 48.9 Å². The molecule has 5 nitrogen and oxygen atoms in total. The minimum absolute atomic E-state index is 0.104. The number of nitrogens with zero attached hydrogens (tertiary/aromatic N) is 1. The lowest BCUT2D eigenvalue weighted by Crippen LogP contribution is -2.21. The lowest BCUT2D eigenvalue weighted by atomic mass is 9.96. The fraction of sp³-hybridized carbons (Fsp3) is 0.368. The third-order valence-electron chi connectivity index (χ3n) is 4.59. The van der Waals surface area contributed by atoms with Crippen LogP contribution in [0.2, 0.25) is 0 Å². The highest BCUT2D eigenvalue weighted by molar-refractivity contribution is 7.29. The van der Waals surface area contributed by atoms with Gasteiger partial charge in [0.1, 0.15) is 10.6 Å². The van der Waals surface area contributed by atoms with Crippen molar-refractivity contribution < 1.29 is 9.53 Å². The van der Waals surface area contributed by atoms with Gasteiger partial charge in [-0.25, -0.2) is 4.98 Å². The molecule has 1 aliphatic rings. The Balaban J connectivity index is 1.43. The standard InChI is InChI=1S/C19H21N3O2S2/c1-24-14-9-7-13(8-10-14)20-17(23)15-11-16-18(25-15)22-19(26-16)21-12-5-3-2-4-6-12/h7-12H,2-6H2,1H3,(H,20,23)(H,21,22). The number of hydrogen-bond acceptors (Lipinski definition) is 6. The number of thiophene rings is 1. The van der Waals surface area contributed by atoms with Crippen LogP contribution in [0.25, 0.3) is 9.53 Å². The Kier molecular flexibility index (Phi) is 5.08. The quantitative estimate of drug-likeness (QED) is 0.618. The van der Waals surface area contributed by atoms with Gasteiger partial charge in [-0.15, -0.1) is 11.3 Å². The zero-order chi connectivity index (χ0) is 17.9. The zero-order valence-corrected chi connectivity index (χ0v) is 16.2. The molecule has 1 aliphatic carbocycles. The number of ether oxygens (including phenoxy) is 1. The van der Waals surface area contributed by atoms with Crippen molar-refractivity contribution in [2.24, 2.45) is 0 Å². The number of anilines is 2. The molecule has 26 heavy (non-hydrogen) atoms. The van der Waals surface area contributed by atoms with Crippen molar-refractivity contribution in [2.45, 2.75) is 38.1 Å². The van der Waals surface area contributed by atoms with Gasteiger partial charge in [0.05, 0.1) is 16.7 Å². The van der Waals surface area contributed by atoms with Crippen molar-refractivity contribution in [2.75, 3.05) is 17.7 Å². The number of aromatic nitrogens is 1. The predicted octanol–water partition coefficient (Wildman–Crippen LogP) is 5.36. The van der Waals surface area contributed by atoms with Crippen molar-refractivity contribution in [1.29, 1.82) is 0 Å². The van der Waals surface area contributed by atoms with Crippen molar-refractivity contribution in [3.8, 4) is 5.75 Å². The first-order chi connectivity index (χ1) is 12.7. The molecule has 0 aliphatic heterocycles. The summed E-state index contributed by atoms with van der Waals surface area (Å²) in [6.45, 7) is 0. The van der Waals surface area contributed by atoms with Crippen LogP contribution in [0.15, 0.2) is 30.3 Å². The molecule has 1 amide bonds. The smallest absolute Gasteiger partial charge is 0.265 e. The second kappa shape index (κ2) is 7.63. The first-order valence-electron chi connectivity index (χ1n) is 8.83. The summed E-state index contributed by atoms with van der Waals surface area (Å²) in [5.41, 5.74) is 0.750. The van der Waals surface area contributed by atoms with Crippen LogP contribution in [0.5, 0.6) is 5.75 Å². The molecule has 1 aromatic carbocycles. The molecule has 0 atom stereocenters. The number of carbonyl (C=O) groups excluding carboxylic acids is 1. The second-order valence-electron chi connectivity index (χ2n) is 6.46. The van der Waals surface area contributed by atoms with Gasteiger partial charge in [0.15, 0.2) is 5.13 Å². The van der Waals surface area contributed by atoms with Gasteiger partial charge >= 0.3 is 0 Å². The number of carbonyl (C=O) groups is 1. The summed E-state index contributed by atoms with van der Waals surface area (Å²) in [5, 5.41) is 7.45. The molecule has 0 bridgehead atoms. The predicted molar refractivity (Wildman–Crippen MR) is 109 cm³/mol. The Hall–Kier alpha value is -2.12. The molecule has 3 aromatic rings. The third-order valence-corrected chi connectivity index (χ3v) is 6.68. The van der Waals surface area contributed by atoms with E-state index in [0.29, 0.717) is 10.9 Å². The summed E-state index contributed by atoms with van der Waals surface area (Å²) in [6.07, 6.45) is 6.39. The first-order valence-corrected chi connectivity index (χ1v) is 10.5. The molecule has 2 heterocycles. The maximum atomic E-state index is 12.5. The minimum Gasteiger partial charge on any atom is -0.497 e. The van der Waals surface area contributed by atoms with Gasteiger partial charge in [-0.3, -0.25) is 4.79 Å². The first kappa shape index (κ1) is 17.3. The SMILES string of the molecule is COc1ccc(NC(=O)c2cc3sc(NC4CCCCC4)nc3s2)cc1. The Labute approximate surface area is 160 Å². The van der Waals surface area contributed by atoms with Crippen LogP contribution in [0.4, 0.5) is 10.8 Å². The lowest BCUT2D eigenvalue weighted by Gasteiger charge is -2.22. The Morgan fingerprint density at radius 1 is 1.15 bits per heavy atom. The van der Waals surface area contributed by atoms with Crippen molar-refractivity contribution in [3.05, 3.63) is 35.2 Å². The molecule has 2 aromatic heterocycles. The maximum Gasteiger partial charge on any atom is 0.265 e. The van der Waals surface area contributed by atoms with Crippen molar-refractivity contribution in [3.63, 3.8) is 0 Å². The van der Waals surface area contributed by atoms with Gasteiger partial charge in [0.25, 0.3) is 5.91 Å². The molecule has 1 saturated carbocycles. The molecule has 0 radical (unpaired) electrons. The van der Waals surface area contributed by atoms with Crippen LogP contribution >= 0.6 is 22.7 Å². The van der Waals surface area contributed by atoms with E-state index in [0.717, 1.165) is 26.1 Å². The van der Waals surface area contributed by atoms with Gasteiger partial charge in [0.2, 0.25) is 0 Å². The third kappa shape index (κ3) is 3.83. The van der Waals surface area contributed by atoms with E-state index in [-0.39, 0.29) is 5.91 Å². The monoisotopic (exact) mass is 387 g/mol. The highest BCUT2D eigenvalue weighted by Gasteiger charge is 2.17. The molecule has 0 saturated heterocycles. The maximum absolute atomic E-state index is 12.5. The Morgan fingerprint density at radius 3 is 2.62 bits per heavy atom. The van der Waals surface area contributed by atoms with Crippen LogP contribution in [-0.4, -0.2) is 24.0 Å². The van der Waals surface area contributed by atoms with Crippen LogP contribution < -0.4 is 15.4 Å². The fourth-order valence-electron chi connectivity index (χ4n) is 3.20. The Bertz CT molecular complexity index is 864. The number of nitrogens with one attached hydrogen (secondary N) is 2. The normalized spacial score (nSPS) is 15.1. The van der Waals surface area contributed by atoms with Gasteiger partial charge in [0, 0.05) is 11.7 Å². The fourth-order valence-corrected chi connectivity index (χ4v) is 5.29. The van der Waals surface area contributed by atoms with Crippen molar-refractivity contribution in [1.82, 2.24) is 4.98 Å². The van der Waals surface area contributed by atoms with E-state index in [1.165, 1.54) is 43.4 Å².